The molecule has 0 heterocycles. The molecule has 4 heteroatoms. The van der Waals surface area contributed by atoms with Crippen LogP contribution in [0.2, 0.25) is 0 Å². The minimum Gasteiger partial charge on any atom is -0.370 e. The molecule has 1 aromatic rings. The second-order valence-electron chi connectivity index (χ2n) is 3.54. The first-order valence-corrected chi connectivity index (χ1v) is 5.48. The molecular weight excluding hydrogens is 214 g/mol. The highest BCUT2D eigenvalue weighted by Gasteiger charge is 1.98. The first-order valence-electron chi connectivity index (χ1n) is 5.48. The molecule has 1 aromatic carbocycles. The number of carbonyl (C=O) groups is 1. The third-order valence-corrected chi connectivity index (χ3v) is 2.18. The Bertz CT molecular complexity index is 450. The zero-order valence-corrected chi connectivity index (χ0v) is 10.1. The van der Waals surface area contributed by atoms with Crippen LogP contribution in [-0.2, 0) is 4.79 Å². The van der Waals surface area contributed by atoms with Gasteiger partial charge in [-0.15, -0.1) is 0 Å². The van der Waals surface area contributed by atoms with Crippen LogP contribution < -0.4 is 11.1 Å². The van der Waals surface area contributed by atoms with Crippen LogP contribution in [0.1, 0.15) is 18.1 Å². The molecule has 0 bridgehead atoms. The first kappa shape index (κ1) is 13.0. The summed E-state index contributed by atoms with van der Waals surface area (Å²) in [6.07, 6.45) is 3.20. The number of hydrogen-bond acceptors (Lipinski definition) is 2. The molecule has 0 aliphatic carbocycles. The van der Waals surface area contributed by atoms with Crippen molar-refractivity contribution >= 4 is 17.9 Å². The van der Waals surface area contributed by atoms with E-state index in [1.54, 1.807) is 6.08 Å². The second kappa shape index (κ2) is 6.48. The van der Waals surface area contributed by atoms with Crippen molar-refractivity contribution in [3.05, 3.63) is 41.5 Å². The third kappa shape index (κ3) is 4.51. The molecule has 1 rings (SSSR count). The fourth-order valence-corrected chi connectivity index (χ4v) is 1.32. The molecule has 0 fully saturated rings. The van der Waals surface area contributed by atoms with Crippen molar-refractivity contribution in [1.29, 1.82) is 0 Å². The zero-order chi connectivity index (χ0) is 12.7. The predicted octanol–water partition coefficient (Wildman–Crippen LogP) is 1.46. The Morgan fingerprint density at radius 1 is 1.47 bits per heavy atom. The lowest BCUT2D eigenvalue weighted by molar-refractivity contribution is -0.115. The summed E-state index contributed by atoms with van der Waals surface area (Å²) in [6.45, 7) is 4.39. The van der Waals surface area contributed by atoms with Crippen molar-refractivity contribution in [3.8, 4) is 0 Å². The Morgan fingerprint density at radius 3 is 2.82 bits per heavy atom. The van der Waals surface area contributed by atoms with Gasteiger partial charge in [-0.05, 0) is 31.1 Å². The topological polar surface area (TPSA) is 67.5 Å². The van der Waals surface area contributed by atoms with Crippen molar-refractivity contribution in [2.45, 2.75) is 13.8 Å². The maximum absolute atomic E-state index is 11.5. The number of aliphatic imine (C=N–C) groups is 1. The van der Waals surface area contributed by atoms with Crippen molar-refractivity contribution in [2.24, 2.45) is 10.7 Å². The summed E-state index contributed by atoms with van der Waals surface area (Å²) in [5, 5.41) is 2.47. The molecule has 0 spiro atoms. The SMILES string of the molecule is CCN=C(N)NC(=O)C=Cc1ccccc1C. The highest BCUT2D eigenvalue weighted by Crippen LogP contribution is 2.08. The lowest BCUT2D eigenvalue weighted by Crippen LogP contribution is -2.35. The molecule has 17 heavy (non-hydrogen) atoms. The number of rotatable bonds is 3. The first-order chi connectivity index (χ1) is 8.13. The lowest BCUT2D eigenvalue weighted by Gasteiger charge is -2.00. The van der Waals surface area contributed by atoms with Crippen molar-refractivity contribution in [2.75, 3.05) is 6.54 Å². The van der Waals surface area contributed by atoms with Crippen LogP contribution in [0.15, 0.2) is 35.3 Å². The molecule has 1 amide bonds. The van der Waals surface area contributed by atoms with Gasteiger partial charge in [0, 0.05) is 12.6 Å². The summed E-state index contributed by atoms with van der Waals surface area (Å²) in [7, 11) is 0. The molecule has 4 nitrogen and oxygen atoms in total. The van der Waals surface area contributed by atoms with E-state index in [-0.39, 0.29) is 11.9 Å². The van der Waals surface area contributed by atoms with Gasteiger partial charge in [0.25, 0.3) is 5.91 Å². The number of hydrogen-bond donors (Lipinski definition) is 2. The highest BCUT2D eigenvalue weighted by atomic mass is 16.1. The van der Waals surface area contributed by atoms with Crippen molar-refractivity contribution in [3.63, 3.8) is 0 Å². The largest absolute Gasteiger partial charge is 0.370 e. The average Bonchev–Trinajstić information content (AvgIpc) is 2.28. The molecule has 0 aliphatic rings. The highest BCUT2D eigenvalue weighted by molar-refractivity contribution is 6.03. The third-order valence-electron chi connectivity index (χ3n) is 2.18. The van der Waals surface area contributed by atoms with E-state index in [0.717, 1.165) is 11.1 Å². The number of nitrogens with two attached hydrogens (primary N) is 1. The Balaban J connectivity index is 2.63. The molecule has 0 atom stereocenters. The van der Waals surface area contributed by atoms with E-state index in [1.165, 1.54) is 6.08 Å². The number of benzene rings is 1. The summed E-state index contributed by atoms with van der Waals surface area (Å²) < 4.78 is 0. The van der Waals surface area contributed by atoms with E-state index in [0.29, 0.717) is 6.54 Å². The molecule has 0 saturated heterocycles. The van der Waals surface area contributed by atoms with Gasteiger partial charge in [0.05, 0.1) is 0 Å². The Hall–Kier alpha value is -2.10. The van der Waals surface area contributed by atoms with Gasteiger partial charge in [-0.2, -0.15) is 0 Å². The number of carbonyl (C=O) groups excluding carboxylic acids is 1. The molecule has 0 unspecified atom stereocenters. The van der Waals surface area contributed by atoms with Gasteiger partial charge in [0.1, 0.15) is 0 Å². The van der Waals surface area contributed by atoms with E-state index in [4.69, 9.17) is 5.73 Å². The molecule has 0 aromatic heterocycles. The second-order valence-corrected chi connectivity index (χ2v) is 3.54. The minimum atomic E-state index is -0.275. The monoisotopic (exact) mass is 231 g/mol. The van der Waals surface area contributed by atoms with Crippen molar-refractivity contribution < 1.29 is 4.79 Å². The van der Waals surface area contributed by atoms with Crippen LogP contribution in [0.4, 0.5) is 0 Å². The summed E-state index contributed by atoms with van der Waals surface area (Å²) in [4.78, 5) is 15.3. The number of amides is 1. The van der Waals surface area contributed by atoms with E-state index >= 15 is 0 Å². The van der Waals surface area contributed by atoms with Crippen LogP contribution in [-0.4, -0.2) is 18.4 Å². The Kier molecular flexibility index (Phi) is 4.94. The normalized spacial score (nSPS) is 11.8. The van der Waals surface area contributed by atoms with Crippen LogP contribution in [0.25, 0.3) is 6.08 Å². The van der Waals surface area contributed by atoms with E-state index < -0.39 is 0 Å². The van der Waals surface area contributed by atoms with Crippen LogP contribution >= 0.6 is 0 Å². The summed E-state index contributed by atoms with van der Waals surface area (Å²) in [5.41, 5.74) is 7.59. The smallest absolute Gasteiger partial charge is 0.250 e. The molecule has 0 aliphatic heterocycles. The van der Waals surface area contributed by atoms with Gasteiger partial charge < -0.3 is 5.73 Å². The lowest BCUT2D eigenvalue weighted by atomic mass is 10.1. The van der Waals surface area contributed by atoms with E-state index in [1.807, 2.05) is 38.1 Å². The number of nitrogens with zero attached hydrogens (tertiary/aromatic N) is 1. The van der Waals surface area contributed by atoms with Crippen LogP contribution in [0, 0.1) is 6.92 Å². The quantitative estimate of drug-likeness (QED) is 0.470. The summed E-state index contributed by atoms with van der Waals surface area (Å²) >= 11 is 0. The average molecular weight is 231 g/mol. The number of guanidine groups is 1. The van der Waals surface area contributed by atoms with Gasteiger partial charge in [-0.25, -0.2) is 0 Å². The molecule has 90 valence electrons. The number of aryl methyl sites for hydroxylation is 1. The van der Waals surface area contributed by atoms with E-state index in [2.05, 4.69) is 10.3 Å². The standard InChI is InChI=1S/C13H17N3O/c1-3-15-13(14)16-12(17)9-8-11-7-5-4-6-10(11)2/h4-9H,3H2,1-2H3,(H3,14,15,16,17). The maximum atomic E-state index is 11.5. The minimum absolute atomic E-state index is 0.145. The maximum Gasteiger partial charge on any atom is 0.250 e. The molecule has 0 saturated carbocycles. The Morgan fingerprint density at radius 2 is 2.18 bits per heavy atom. The van der Waals surface area contributed by atoms with Gasteiger partial charge in [-0.1, -0.05) is 24.3 Å². The molecular formula is C13H17N3O. The van der Waals surface area contributed by atoms with Crippen LogP contribution in [0.5, 0.6) is 0 Å². The van der Waals surface area contributed by atoms with Gasteiger partial charge in [-0.3, -0.25) is 15.1 Å². The summed E-state index contributed by atoms with van der Waals surface area (Å²) in [6, 6.07) is 7.82. The van der Waals surface area contributed by atoms with Gasteiger partial charge in [0.2, 0.25) is 0 Å². The number of nitrogens with one attached hydrogen (secondary N) is 1. The van der Waals surface area contributed by atoms with Crippen molar-refractivity contribution in [1.82, 2.24) is 5.32 Å². The fourth-order valence-electron chi connectivity index (χ4n) is 1.32. The summed E-state index contributed by atoms with van der Waals surface area (Å²) in [5.74, 6) is -0.130. The molecule has 3 N–H and O–H groups in total. The van der Waals surface area contributed by atoms with Gasteiger partial charge in [0.15, 0.2) is 5.96 Å². The van der Waals surface area contributed by atoms with Gasteiger partial charge >= 0.3 is 0 Å². The van der Waals surface area contributed by atoms with Crippen LogP contribution in [0.3, 0.4) is 0 Å². The predicted molar refractivity (Wildman–Crippen MR) is 70.5 cm³/mol. The fraction of sp³-hybridized carbons (Fsp3) is 0.231. The van der Waals surface area contributed by atoms with E-state index in [9.17, 15) is 4.79 Å². The Labute approximate surface area is 101 Å². The molecule has 0 radical (unpaired) electrons. The zero-order valence-electron chi connectivity index (χ0n) is 10.1.